The molecule has 1 spiro atoms. The van der Waals surface area contributed by atoms with Gasteiger partial charge in [-0.25, -0.2) is 12.7 Å². The highest BCUT2D eigenvalue weighted by Crippen LogP contribution is 2.40. The summed E-state index contributed by atoms with van der Waals surface area (Å²) < 4.78 is 32.6. The molecular weight excluding hydrogens is 400 g/mol. The Morgan fingerprint density at radius 2 is 1.63 bits per heavy atom. The fourth-order valence-corrected chi connectivity index (χ4v) is 6.48. The lowest BCUT2D eigenvalue weighted by Gasteiger charge is -2.38. The van der Waals surface area contributed by atoms with Gasteiger partial charge in [-0.1, -0.05) is 30.3 Å². The molecule has 1 amide bonds. The third-order valence-electron chi connectivity index (χ3n) is 6.58. The van der Waals surface area contributed by atoms with Crippen molar-refractivity contribution in [3.63, 3.8) is 0 Å². The fourth-order valence-electron chi connectivity index (χ4n) is 4.87. The van der Waals surface area contributed by atoms with Crippen molar-refractivity contribution in [3.05, 3.63) is 59.7 Å². The quantitative estimate of drug-likeness (QED) is 0.688. The van der Waals surface area contributed by atoms with Crippen molar-refractivity contribution in [2.75, 3.05) is 26.2 Å². The number of unbranched alkanes of at least 4 members (excludes halogenated alkanes) is 1. The molecule has 3 aliphatic rings. The number of likely N-dealkylation sites (tertiary alicyclic amines) is 1. The number of para-hydroxylation sites is 1. The summed E-state index contributed by atoms with van der Waals surface area (Å²) in [5.74, 6) is 0.631. The van der Waals surface area contributed by atoms with Crippen LogP contribution in [0.3, 0.4) is 0 Å². The van der Waals surface area contributed by atoms with Crippen LogP contribution in [0.5, 0.6) is 5.75 Å². The SMILES string of the molecule is O=C1c2ccccc2S(=O)(=O)N1CCCCN1CCC2(CC1)Cc1ccccc1O2. The van der Waals surface area contributed by atoms with E-state index in [-0.39, 0.29) is 22.6 Å². The zero-order chi connectivity index (χ0) is 20.8. The number of carbonyl (C=O) groups excluding carboxylic acids is 1. The van der Waals surface area contributed by atoms with Gasteiger partial charge >= 0.3 is 0 Å². The second kappa shape index (κ2) is 7.39. The largest absolute Gasteiger partial charge is 0.487 e. The van der Waals surface area contributed by atoms with Gasteiger partial charge in [-0.2, -0.15) is 0 Å². The molecule has 1 fully saturated rings. The predicted molar refractivity (Wildman–Crippen MR) is 113 cm³/mol. The van der Waals surface area contributed by atoms with Gasteiger partial charge < -0.3 is 9.64 Å². The molecule has 30 heavy (non-hydrogen) atoms. The molecule has 7 heteroatoms. The number of nitrogens with zero attached hydrogens (tertiary/aromatic N) is 2. The summed E-state index contributed by atoms with van der Waals surface area (Å²) in [4.78, 5) is 15.0. The van der Waals surface area contributed by atoms with Crippen molar-refractivity contribution in [3.8, 4) is 5.75 Å². The van der Waals surface area contributed by atoms with Gasteiger partial charge in [0.25, 0.3) is 15.9 Å². The molecule has 0 N–H and O–H groups in total. The van der Waals surface area contributed by atoms with Crippen molar-refractivity contribution < 1.29 is 17.9 Å². The molecule has 158 valence electrons. The molecule has 1 saturated heterocycles. The minimum atomic E-state index is -3.69. The molecule has 2 aromatic carbocycles. The predicted octanol–water partition coefficient (Wildman–Crippen LogP) is 3.08. The Balaban J connectivity index is 1.10. The van der Waals surface area contributed by atoms with E-state index in [0.717, 1.165) is 55.4 Å². The number of sulfonamides is 1. The molecule has 0 atom stereocenters. The lowest BCUT2D eigenvalue weighted by atomic mass is 9.87. The second-order valence-electron chi connectivity index (χ2n) is 8.50. The molecule has 0 aromatic heterocycles. The Labute approximate surface area is 177 Å². The molecule has 6 nitrogen and oxygen atoms in total. The molecule has 0 aliphatic carbocycles. The van der Waals surface area contributed by atoms with Gasteiger partial charge in [0, 0.05) is 38.9 Å². The Hall–Kier alpha value is -2.38. The monoisotopic (exact) mass is 426 g/mol. The van der Waals surface area contributed by atoms with Crippen molar-refractivity contribution in [2.45, 2.75) is 42.6 Å². The maximum Gasteiger partial charge on any atom is 0.269 e. The zero-order valence-electron chi connectivity index (χ0n) is 16.9. The first kappa shape index (κ1) is 19.6. The first-order chi connectivity index (χ1) is 14.5. The minimum Gasteiger partial charge on any atom is -0.487 e. The van der Waals surface area contributed by atoms with Crippen molar-refractivity contribution in [1.29, 1.82) is 0 Å². The van der Waals surface area contributed by atoms with Crippen molar-refractivity contribution in [1.82, 2.24) is 9.21 Å². The normalized spacial score (nSPS) is 21.5. The van der Waals surface area contributed by atoms with Crippen LogP contribution in [0.2, 0.25) is 0 Å². The second-order valence-corrected chi connectivity index (χ2v) is 10.3. The molecule has 0 unspecified atom stereocenters. The first-order valence-corrected chi connectivity index (χ1v) is 12.1. The number of rotatable bonds is 5. The third kappa shape index (κ3) is 3.30. The molecule has 0 radical (unpaired) electrons. The van der Waals surface area contributed by atoms with E-state index in [4.69, 9.17) is 4.74 Å². The Morgan fingerprint density at radius 3 is 2.40 bits per heavy atom. The summed E-state index contributed by atoms with van der Waals surface area (Å²) in [5.41, 5.74) is 1.54. The van der Waals surface area contributed by atoms with Gasteiger partial charge in [0.1, 0.15) is 16.2 Å². The van der Waals surface area contributed by atoms with E-state index in [2.05, 4.69) is 23.1 Å². The molecule has 2 aromatic rings. The van der Waals surface area contributed by atoms with E-state index < -0.39 is 15.9 Å². The van der Waals surface area contributed by atoms with E-state index >= 15 is 0 Å². The van der Waals surface area contributed by atoms with Crippen molar-refractivity contribution >= 4 is 15.9 Å². The number of hydrogen-bond acceptors (Lipinski definition) is 5. The average molecular weight is 427 g/mol. The van der Waals surface area contributed by atoms with E-state index in [9.17, 15) is 13.2 Å². The third-order valence-corrected chi connectivity index (χ3v) is 8.42. The molecule has 0 saturated carbocycles. The number of piperidine rings is 1. The van der Waals surface area contributed by atoms with Crippen molar-refractivity contribution in [2.24, 2.45) is 0 Å². The average Bonchev–Trinajstić information content (AvgIpc) is 3.20. The van der Waals surface area contributed by atoms with E-state index in [1.807, 2.05) is 6.07 Å². The highest BCUT2D eigenvalue weighted by atomic mass is 32.2. The number of amides is 1. The Kier molecular flexibility index (Phi) is 4.82. The summed E-state index contributed by atoms with van der Waals surface area (Å²) >= 11 is 0. The van der Waals surface area contributed by atoms with Crippen LogP contribution in [0, 0.1) is 0 Å². The Bertz CT molecular complexity index is 1050. The Morgan fingerprint density at radius 1 is 0.933 bits per heavy atom. The summed E-state index contributed by atoms with van der Waals surface area (Å²) in [7, 11) is -3.69. The molecule has 3 heterocycles. The van der Waals surface area contributed by atoms with Crippen LogP contribution >= 0.6 is 0 Å². The van der Waals surface area contributed by atoms with E-state index in [0.29, 0.717) is 6.42 Å². The summed E-state index contributed by atoms with van der Waals surface area (Å²) in [6.07, 6.45) is 4.55. The fraction of sp³-hybridized carbons (Fsp3) is 0.435. The molecule has 0 bridgehead atoms. The van der Waals surface area contributed by atoms with Crippen LogP contribution in [-0.2, 0) is 16.4 Å². The highest BCUT2D eigenvalue weighted by Gasteiger charge is 2.42. The maximum atomic E-state index is 12.6. The summed E-state index contributed by atoms with van der Waals surface area (Å²) in [6, 6.07) is 14.8. The highest BCUT2D eigenvalue weighted by molar-refractivity contribution is 7.90. The van der Waals surface area contributed by atoms with Gasteiger partial charge in [0.15, 0.2) is 0 Å². The van der Waals surface area contributed by atoms with Crippen LogP contribution in [0.25, 0.3) is 0 Å². The lowest BCUT2D eigenvalue weighted by Crippen LogP contribution is -2.47. The summed E-state index contributed by atoms with van der Waals surface area (Å²) in [5, 5.41) is 0. The van der Waals surface area contributed by atoms with Crippen LogP contribution in [0.4, 0.5) is 0 Å². The number of benzene rings is 2. The maximum absolute atomic E-state index is 12.6. The van der Waals surface area contributed by atoms with Gasteiger partial charge in [0.2, 0.25) is 0 Å². The van der Waals surface area contributed by atoms with Gasteiger partial charge in [-0.3, -0.25) is 4.79 Å². The lowest BCUT2D eigenvalue weighted by molar-refractivity contribution is 0.0190. The van der Waals surface area contributed by atoms with Crippen LogP contribution in [0.15, 0.2) is 53.4 Å². The van der Waals surface area contributed by atoms with Crippen LogP contribution < -0.4 is 4.74 Å². The van der Waals surface area contributed by atoms with E-state index in [1.54, 1.807) is 18.2 Å². The summed E-state index contributed by atoms with van der Waals surface area (Å²) in [6.45, 7) is 3.13. The van der Waals surface area contributed by atoms with Crippen LogP contribution in [0.1, 0.15) is 41.6 Å². The molecular formula is C23H26N2O4S. The van der Waals surface area contributed by atoms with Gasteiger partial charge in [-0.05, 0) is 43.1 Å². The molecule has 3 aliphatic heterocycles. The van der Waals surface area contributed by atoms with Gasteiger partial charge in [-0.15, -0.1) is 0 Å². The topological polar surface area (TPSA) is 66.9 Å². The number of ether oxygens (including phenoxy) is 1. The zero-order valence-corrected chi connectivity index (χ0v) is 17.7. The first-order valence-electron chi connectivity index (χ1n) is 10.6. The number of carbonyl (C=O) groups is 1. The van der Waals surface area contributed by atoms with Gasteiger partial charge in [0.05, 0.1) is 5.56 Å². The number of fused-ring (bicyclic) bond motifs is 2. The number of hydrogen-bond donors (Lipinski definition) is 0. The smallest absolute Gasteiger partial charge is 0.269 e. The van der Waals surface area contributed by atoms with Crippen LogP contribution in [-0.4, -0.2) is 55.3 Å². The molecule has 5 rings (SSSR count). The van der Waals surface area contributed by atoms with E-state index in [1.165, 1.54) is 11.6 Å². The minimum absolute atomic E-state index is 0.0536. The standard InChI is InChI=1S/C23H26N2O4S/c26-22-19-8-2-4-10-21(19)30(27,28)25(22)14-6-5-13-24-15-11-23(12-16-24)17-18-7-1-3-9-20(18)29-23/h1-4,7-10H,5-6,11-17H2.